The summed E-state index contributed by atoms with van der Waals surface area (Å²) in [6.45, 7) is 0.0420. The van der Waals surface area contributed by atoms with E-state index < -0.39 is 0 Å². The van der Waals surface area contributed by atoms with Gasteiger partial charge in [-0.3, -0.25) is 9.59 Å². The quantitative estimate of drug-likeness (QED) is 0.349. The Morgan fingerprint density at radius 2 is 1.70 bits per heavy atom. The molecular weight excluding hydrogens is 456 g/mol. The van der Waals surface area contributed by atoms with Crippen molar-refractivity contribution >= 4 is 56.8 Å². The van der Waals surface area contributed by atoms with Gasteiger partial charge >= 0.3 is 0 Å². The number of hydrogen-bond acceptors (Lipinski definition) is 4. The molecule has 5 rings (SSSR count). The maximum Gasteiger partial charge on any atom is 0.244 e. The Hall–Kier alpha value is -3.55. The van der Waals surface area contributed by atoms with Crippen LogP contribution in [0.5, 0.6) is 0 Å². The van der Waals surface area contributed by atoms with Crippen molar-refractivity contribution in [3.05, 3.63) is 94.4 Å². The lowest BCUT2D eigenvalue weighted by molar-refractivity contribution is -0.116. The molecule has 0 aliphatic heterocycles. The zero-order chi connectivity index (χ0) is 22.9. The Bertz CT molecular complexity index is 1510. The Labute approximate surface area is 198 Å². The lowest BCUT2D eigenvalue weighted by Crippen LogP contribution is -2.21. The number of aromatic nitrogens is 3. The van der Waals surface area contributed by atoms with E-state index in [1.165, 1.54) is 11.8 Å². The van der Waals surface area contributed by atoms with Crippen molar-refractivity contribution < 1.29 is 4.79 Å². The molecule has 2 heterocycles. The Balaban J connectivity index is 1.52. The molecule has 0 bridgehead atoms. The molecule has 0 radical (unpaired) electrons. The number of anilines is 1. The summed E-state index contributed by atoms with van der Waals surface area (Å²) in [7, 11) is 1.91. The standard InChI is InChI=1S/C25H19ClN4O2S/c1-29-13-12-27-25(29)33-22-11-10-16(26)14-19(22)28-23(31)15-30-20-8-4-2-6-17(20)24(32)18-7-3-5-9-21(18)30/h2-14H,15H2,1H3,(H,28,31). The number of hydrogen-bond donors (Lipinski definition) is 1. The smallest absolute Gasteiger partial charge is 0.244 e. The van der Waals surface area contributed by atoms with Gasteiger partial charge in [-0.15, -0.1) is 0 Å². The number of imidazole rings is 1. The fourth-order valence-electron chi connectivity index (χ4n) is 3.82. The predicted octanol–water partition coefficient (Wildman–Crippen LogP) is 5.33. The van der Waals surface area contributed by atoms with Gasteiger partial charge in [0.05, 0.1) is 16.7 Å². The predicted molar refractivity (Wildman–Crippen MR) is 133 cm³/mol. The molecule has 3 aromatic carbocycles. The average molecular weight is 475 g/mol. The molecule has 33 heavy (non-hydrogen) atoms. The first-order chi connectivity index (χ1) is 16.0. The molecule has 0 atom stereocenters. The van der Waals surface area contributed by atoms with Crippen LogP contribution in [0.15, 0.2) is 94.0 Å². The largest absolute Gasteiger partial charge is 0.331 e. The molecule has 5 aromatic rings. The molecule has 2 aromatic heterocycles. The lowest BCUT2D eigenvalue weighted by atomic mass is 10.1. The van der Waals surface area contributed by atoms with Gasteiger partial charge in [-0.25, -0.2) is 4.98 Å². The number of fused-ring (bicyclic) bond motifs is 2. The second kappa shape index (κ2) is 8.77. The molecule has 0 saturated heterocycles. The van der Waals surface area contributed by atoms with Crippen molar-refractivity contribution in [2.45, 2.75) is 16.6 Å². The number of benzene rings is 3. The minimum Gasteiger partial charge on any atom is -0.331 e. The van der Waals surface area contributed by atoms with Crippen molar-refractivity contribution in [3.8, 4) is 0 Å². The van der Waals surface area contributed by atoms with E-state index in [0.717, 1.165) is 10.1 Å². The summed E-state index contributed by atoms with van der Waals surface area (Å²) in [6.07, 6.45) is 3.59. The highest BCUT2D eigenvalue weighted by Gasteiger charge is 2.15. The molecule has 6 nitrogen and oxygen atoms in total. The van der Waals surface area contributed by atoms with Crippen LogP contribution in [0.4, 0.5) is 5.69 Å². The molecular formula is C25H19ClN4O2S. The number of carbonyl (C=O) groups is 1. The summed E-state index contributed by atoms with van der Waals surface area (Å²) in [5.41, 5.74) is 1.99. The van der Waals surface area contributed by atoms with Crippen molar-refractivity contribution in [1.29, 1.82) is 0 Å². The summed E-state index contributed by atoms with van der Waals surface area (Å²) in [5.74, 6) is -0.224. The average Bonchev–Trinajstić information content (AvgIpc) is 3.22. The van der Waals surface area contributed by atoms with Gasteiger partial charge in [0.2, 0.25) is 5.91 Å². The summed E-state index contributed by atoms with van der Waals surface area (Å²) < 4.78 is 3.78. The fraction of sp³-hybridized carbons (Fsp3) is 0.0800. The van der Waals surface area contributed by atoms with Crippen LogP contribution in [0, 0.1) is 0 Å². The third-order valence-corrected chi connectivity index (χ3v) is 6.76. The van der Waals surface area contributed by atoms with E-state index in [2.05, 4.69) is 10.3 Å². The molecule has 0 aliphatic carbocycles. The van der Waals surface area contributed by atoms with Gasteiger partial charge in [-0.05, 0) is 54.2 Å². The van der Waals surface area contributed by atoms with E-state index in [4.69, 9.17) is 11.6 Å². The molecule has 1 N–H and O–H groups in total. The van der Waals surface area contributed by atoms with Crippen LogP contribution in [0.25, 0.3) is 21.8 Å². The first kappa shape index (κ1) is 21.3. The molecule has 0 fully saturated rings. The van der Waals surface area contributed by atoms with Gasteiger partial charge in [0, 0.05) is 40.1 Å². The lowest BCUT2D eigenvalue weighted by Gasteiger charge is -2.16. The van der Waals surface area contributed by atoms with Gasteiger partial charge in [0.1, 0.15) is 6.54 Å². The van der Waals surface area contributed by atoms with Crippen LogP contribution >= 0.6 is 23.4 Å². The van der Waals surface area contributed by atoms with Gasteiger partial charge in [0.25, 0.3) is 0 Å². The van der Waals surface area contributed by atoms with Crippen molar-refractivity contribution in [1.82, 2.24) is 14.1 Å². The molecule has 0 saturated carbocycles. The van der Waals surface area contributed by atoms with E-state index in [0.29, 0.717) is 32.5 Å². The van der Waals surface area contributed by atoms with Gasteiger partial charge in [-0.2, -0.15) is 0 Å². The van der Waals surface area contributed by atoms with E-state index in [-0.39, 0.29) is 17.9 Å². The zero-order valence-corrected chi connectivity index (χ0v) is 19.2. The molecule has 8 heteroatoms. The topological polar surface area (TPSA) is 68.9 Å². The maximum atomic E-state index is 13.2. The van der Waals surface area contributed by atoms with E-state index in [9.17, 15) is 9.59 Å². The van der Waals surface area contributed by atoms with Gasteiger partial charge in [-0.1, -0.05) is 35.9 Å². The number of halogens is 1. The summed E-state index contributed by atoms with van der Waals surface area (Å²) in [5, 5.41) is 5.48. The fourth-order valence-corrected chi connectivity index (χ4v) is 4.86. The number of pyridine rings is 1. The molecule has 164 valence electrons. The van der Waals surface area contributed by atoms with Crippen LogP contribution in [0.2, 0.25) is 5.02 Å². The number of carbonyl (C=O) groups excluding carboxylic acids is 1. The number of nitrogens with one attached hydrogen (secondary N) is 1. The number of aryl methyl sites for hydroxylation is 1. The molecule has 0 spiro atoms. The second-order valence-electron chi connectivity index (χ2n) is 7.56. The second-order valence-corrected chi connectivity index (χ2v) is 9.01. The van der Waals surface area contributed by atoms with Crippen molar-refractivity contribution in [2.75, 3.05) is 5.32 Å². The summed E-state index contributed by atoms with van der Waals surface area (Å²) in [6, 6.07) is 20.1. The summed E-state index contributed by atoms with van der Waals surface area (Å²) >= 11 is 7.67. The first-order valence-corrected chi connectivity index (χ1v) is 11.5. The van der Waals surface area contributed by atoms with Crippen molar-refractivity contribution in [3.63, 3.8) is 0 Å². The van der Waals surface area contributed by atoms with E-state index in [1.807, 2.05) is 64.8 Å². The van der Waals surface area contributed by atoms with Crippen LogP contribution in [0.1, 0.15) is 0 Å². The SMILES string of the molecule is Cn1ccnc1Sc1ccc(Cl)cc1NC(=O)Cn1c2ccccc2c(=O)c2ccccc21. The minimum atomic E-state index is -0.224. The monoisotopic (exact) mass is 474 g/mol. The third-order valence-electron chi connectivity index (χ3n) is 5.37. The minimum absolute atomic E-state index is 0.0403. The van der Waals surface area contributed by atoms with E-state index >= 15 is 0 Å². The number of amides is 1. The Morgan fingerprint density at radius 1 is 1.03 bits per heavy atom. The zero-order valence-electron chi connectivity index (χ0n) is 17.7. The number of nitrogens with zero attached hydrogens (tertiary/aromatic N) is 3. The van der Waals surface area contributed by atoms with Gasteiger partial charge < -0.3 is 14.5 Å². The first-order valence-electron chi connectivity index (χ1n) is 10.3. The summed E-state index contributed by atoms with van der Waals surface area (Å²) in [4.78, 5) is 31.3. The number of rotatable bonds is 5. The highest BCUT2D eigenvalue weighted by molar-refractivity contribution is 7.99. The van der Waals surface area contributed by atoms with Crippen LogP contribution in [-0.4, -0.2) is 20.0 Å². The highest BCUT2D eigenvalue weighted by Crippen LogP contribution is 2.34. The third kappa shape index (κ3) is 4.13. The number of para-hydroxylation sites is 2. The van der Waals surface area contributed by atoms with Gasteiger partial charge in [0.15, 0.2) is 10.6 Å². The van der Waals surface area contributed by atoms with E-state index in [1.54, 1.807) is 30.5 Å². The highest BCUT2D eigenvalue weighted by atomic mass is 35.5. The molecule has 1 amide bonds. The maximum absolute atomic E-state index is 13.2. The van der Waals surface area contributed by atoms with Crippen molar-refractivity contribution in [2.24, 2.45) is 7.05 Å². The molecule has 0 aliphatic rings. The Kier molecular flexibility index (Phi) is 5.66. The van der Waals surface area contributed by atoms with Crippen LogP contribution in [0.3, 0.4) is 0 Å². The normalized spacial score (nSPS) is 11.2. The Morgan fingerprint density at radius 3 is 2.33 bits per heavy atom. The van der Waals surface area contributed by atoms with Crippen LogP contribution in [-0.2, 0) is 18.4 Å². The van der Waals surface area contributed by atoms with Crippen LogP contribution < -0.4 is 10.7 Å². The molecule has 0 unspecified atom stereocenters.